The molecule has 6 heteroatoms. The van der Waals surface area contributed by atoms with Crippen molar-refractivity contribution in [3.63, 3.8) is 0 Å². The van der Waals surface area contributed by atoms with Crippen molar-refractivity contribution >= 4 is 23.5 Å². The molecule has 1 aliphatic heterocycles. The van der Waals surface area contributed by atoms with Crippen LogP contribution in [0, 0.1) is 5.92 Å². The van der Waals surface area contributed by atoms with Gasteiger partial charge in [0.15, 0.2) is 0 Å². The van der Waals surface area contributed by atoms with Crippen LogP contribution in [0.3, 0.4) is 0 Å². The van der Waals surface area contributed by atoms with Gasteiger partial charge in [0.25, 0.3) is 5.91 Å². The van der Waals surface area contributed by atoms with E-state index >= 15 is 0 Å². The second kappa shape index (κ2) is 6.98. The molecule has 0 aromatic heterocycles. The lowest BCUT2D eigenvalue weighted by molar-refractivity contribution is -0.135. The highest BCUT2D eigenvalue weighted by atomic mass is 16.2. The predicted molar refractivity (Wildman–Crippen MR) is 104 cm³/mol. The van der Waals surface area contributed by atoms with Crippen LogP contribution < -0.4 is 10.6 Å². The summed E-state index contributed by atoms with van der Waals surface area (Å²) < 4.78 is 0. The Bertz CT molecular complexity index is 758. The van der Waals surface area contributed by atoms with Crippen molar-refractivity contribution in [2.75, 3.05) is 11.9 Å². The molecule has 27 heavy (non-hydrogen) atoms. The lowest BCUT2D eigenvalue weighted by Gasteiger charge is -2.33. The van der Waals surface area contributed by atoms with Crippen LogP contribution in [0.2, 0.25) is 0 Å². The van der Waals surface area contributed by atoms with E-state index in [9.17, 15) is 14.4 Å². The molecule has 1 saturated carbocycles. The van der Waals surface area contributed by atoms with Gasteiger partial charge in [0.1, 0.15) is 12.1 Å². The number of carbonyl (C=O) groups excluding carboxylic acids is 3. The minimum Gasteiger partial charge on any atom is -0.324 e. The highest BCUT2D eigenvalue weighted by molar-refractivity contribution is 6.10. The van der Waals surface area contributed by atoms with Crippen LogP contribution >= 0.6 is 0 Å². The summed E-state index contributed by atoms with van der Waals surface area (Å²) in [7, 11) is 0. The molecule has 1 saturated heterocycles. The highest BCUT2D eigenvalue weighted by Gasteiger charge is 2.52. The number of nitrogens with zero attached hydrogens (tertiary/aromatic N) is 1. The van der Waals surface area contributed by atoms with Crippen molar-refractivity contribution in [2.24, 2.45) is 5.92 Å². The van der Waals surface area contributed by atoms with Crippen molar-refractivity contribution in [3.05, 3.63) is 29.8 Å². The number of imide groups is 1. The number of amides is 4. The van der Waals surface area contributed by atoms with E-state index in [0.29, 0.717) is 24.4 Å². The summed E-state index contributed by atoms with van der Waals surface area (Å²) in [5, 5.41) is 5.72. The summed E-state index contributed by atoms with van der Waals surface area (Å²) in [6.07, 6.45) is 3.10. The molecule has 0 unspecified atom stereocenters. The van der Waals surface area contributed by atoms with Crippen LogP contribution in [0.1, 0.15) is 58.9 Å². The van der Waals surface area contributed by atoms with Crippen molar-refractivity contribution in [2.45, 2.75) is 64.3 Å². The Labute approximate surface area is 160 Å². The third-order valence-corrected chi connectivity index (χ3v) is 5.68. The summed E-state index contributed by atoms with van der Waals surface area (Å²) in [6, 6.07) is 7.14. The van der Waals surface area contributed by atoms with Crippen molar-refractivity contribution in [1.82, 2.24) is 10.2 Å². The molecular weight excluding hydrogens is 342 g/mol. The Kier molecular flexibility index (Phi) is 5.02. The van der Waals surface area contributed by atoms with E-state index in [2.05, 4.69) is 38.3 Å². The number of hydrogen-bond acceptors (Lipinski definition) is 3. The molecule has 4 amide bonds. The minimum absolute atomic E-state index is 0.131. The summed E-state index contributed by atoms with van der Waals surface area (Å²) in [4.78, 5) is 38.9. The topological polar surface area (TPSA) is 78.5 Å². The molecule has 1 aromatic carbocycles. The molecule has 2 fully saturated rings. The summed E-state index contributed by atoms with van der Waals surface area (Å²) in [5.74, 6) is -0.0679. The average molecular weight is 371 g/mol. The second-order valence-corrected chi connectivity index (χ2v) is 8.93. The van der Waals surface area contributed by atoms with Crippen molar-refractivity contribution in [1.29, 1.82) is 0 Å². The third-order valence-electron chi connectivity index (χ3n) is 5.68. The van der Waals surface area contributed by atoms with Gasteiger partial charge in [-0.05, 0) is 48.6 Å². The fourth-order valence-electron chi connectivity index (χ4n) is 3.99. The van der Waals surface area contributed by atoms with Crippen LogP contribution in [0.4, 0.5) is 10.5 Å². The molecule has 1 aliphatic carbocycles. The lowest BCUT2D eigenvalue weighted by Crippen LogP contribution is -2.49. The molecule has 0 atom stereocenters. The van der Waals surface area contributed by atoms with E-state index in [-0.39, 0.29) is 23.8 Å². The zero-order valence-corrected chi connectivity index (χ0v) is 16.6. The first-order chi connectivity index (χ1) is 12.6. The Morgan fingerprint density at radius 3 is 2.48 bits per heavy atom. The predicted octanol–water partition coefficient (Wildman–Crippen LogP) is 3.42. The standard InChI is InChI=1S/C21H29N3O3/c1-14-9-11-21(12-10-14)18(26)24(19(27)23-21)13-17(25)22-16-8-6-5-7-15(16)20(2,3)4/h5-8,14H,9-13H2,1-4H3,(H,22,25)(H,23,27). The number of rotatable bonds is 3. The molecule has 2 N–H and O–H groups in total. The maximum atomic E-state index is 12.9. The molecule has 1 spiro atoms. The van der Waals surface area contributed by atoms with Gasteiger partial charge in [-0.2, -0.15) is 0 Å². The first-order valence-corrected chi connectivity index (χ1v) is 9.66. The number of para-hydroxylation sites is 1. The van der Waals surface area contributed by atoms with E-state index in [4.69, 9.17) is 0 Å². The smallest absolute Gasteiger partial charge is 0.324 e. The molecular formula is C21H29N3O3. The largest absolute Gasteiger partial charge is 0.325 e. The van der Waals surface area contributed by atoms with Gasteiger partial charge in [-0.15, -0.1) is 0 Å². The Balaban J connectivity index is 1.70. The second-order valence-electron chi connectivity index (χ2n) is 8.93. The van der Waals surface area contributed by atoms with E-state index < -0.39 is 11.6 Å². The lowest BCUT2D eigenvalue weighted by atomic mass is 9.77. The molecule has 6 nitrogen and oxygen atoms in total. The fraction of sp³-hybridized carbons (Fsp3) is 0.571. The Morgan fingerprint density at radius 2 is 1.85 bits per heavy atom. The van der Waals surface area contributed by atoms with E-state index in [1.807, 2.05) is 24.3 Å². The van der Waals surface area contributed by atoms with Gasteiger partial charge in [-0.1, -0.05) is 45.9 Å². The first kappa shape index (κ1) is 19.4. The normalized spacial score (nSPS) is 25.6. The van der Waals surface area contributed by atoms with Gasteiger partial charge < -0.3 is 10.6 Å². The summed E-state index contributed by atoms with van der Waals surface area (Å²) >= 11 is 0. The van der Waals surface area contributed by atoms with Gasteiger partial charge in [0, 0.05) is 5.69 Å². The van der Waals surface area contributed by atoms with Gasteiger partial charge in [-0.25, -0.2) is 4.79 Å². The molecule has 3 rings (SSSR count). The van der Waals surface area contributed by atoms with Crippen LogP contribution in [-0.2, 0) is 15.0 Å². The molecule has 0 radical (unpaired) electrons. The van der Waals surface area contributed by atoms with Gasteiger partial charge >= 0.3 is 6.03 Å². The van der Waals surface area contributed by atoms with Crippen LogP contribution in [-0.4, -0.2) is 34.8 Å². The van der Waals surface area contributed by atoms with Gasteiger partial charge in [0.05, 0.1) is 0 Å². The molecule has 0 bridgehead atoms. The fourth-order valence-corrected chi connectivity index (χ4v) is 3.99. The number of nitrogens with one attached hydrogen (secondary N) is 2. The monoisotopic (exact) mass is 371 g/mol. The molecule has 1 aromatic rings. The zero-order valence-electron chi connectivity index (χ0n) is 16.6. The Morgan fingerprint density at radius 1 is 1.22 bits per heavy atom. The number of benzene rings is 1. The van der Waals surface area contributed by atoms with Crippen LogP contribution in [0.5, 0.6) is 0 Å². The highest BCUT2D eigenvalue weighted by Crippen LogP contribution is 2.36. The van der Waals surface area contributed by atoms with Gasteiger partial charge in [-0.3, -0.25) is 14.5 Å². The summed E-state index contributed by atoms with van der Waals surface area (Å²) in [5.41, 5.74) is 0.775. The van der Waals surface area contributed by atoms with E-state index in [0.717, 1.165) is 23.3 Å². The maximum absolute atomic E-state index is 12.9. The summed E-state index contributed by atoms with van der Waals surface area (Å²) in [6.45, 7) is 8.11. The molecule has 1 heterocycles. The minimum atomic E-state index is -0.812. The SMILES string of the molecule is CC1CCC2(CC1)NC(=O)N(CC(=O)Nc1ccccc1C(C)(C)C)C2=O. The maximum Gasteiger partial charge on any atom is 0.325 e. The molecule has 146 valence electrons. The third kappa shape index (κ3) is 3.84. The average Bonchev–Trinajstić information content (AvgIpc) is 2.81. The number of carbonyl (C=O) groups is 3. The van der Waals surface area contributed by atoms with Crippen molar-refractivity contribution in [3.8, 4) is 0 Å². The number of anilines is 1. The van der Waals surface area contributed by atoms with Crippen LogP contribution in [0.15, 0.2) is 24.3 Å². The Hall–Kier alpha value is -2.37. The van der Waals surface area contributed by atoms with Gasteiger partial charge in [0.2, 0.25) is 5.91 Å². The number of hydrogen-bond donors (Lipinski definition) is 2. The zero-order chi connectivity index (χ0) is 19.8. The quantitative estimate of drug-likeness (QED) is 0.799. The number of urea groups is 1. The van der Waals surface area contributed by atoms with E-state index in [1.54, 1.807) is 0 Å². The van der Waals surface area contributed by atoms with E-state index in [1.165, 1.54) is 0 Å². The first-order valence-electron chi connectivity index (χ1n) is 9.66. The van der Waals surface area contributed by atoms with Crippen molar-refractivity contribution < 1.29 is 14.4 Å². The molecule has 2 aliphatic rings. The van der Waals surface area contributed by atoms with Crippen LogP contribution in [0.25, 0.3) is 0 Å².